The smallest absolute Gasteiger partial charge is 0.00430 e. The predicted molar refractivity (Wildman–Crippen MR) is 68.5 cm³/mol. The lowest BCUT2D eigenvalue weighted by Gasteiger charge is -2.36. The van der Waals surface area contributed by atoms with Crippen LogP contribution >= 0.6 is 0 Å². The van der Waals surface area contributed by atoms with E-state index in [2.05, 4.69) is 42.5 Å². The summed E-state index contributed by atoms with van der Waals surface area (Å²) in [7, 11) is 0. The lowest BCUT2D eigenvalue weighted by molar-refractivity contribution is 0.263. The Morgan fingerprint density at radius 3 is 2.50 bits per heavy atom. The quantitative estimate of drug-likeness (QED) is 0.810. The minimum atomic E-state index is 0.703. The summed E-state index contributed by atoms with van der Waals surface area (Å²) in [4.78, 5) is 0. The Morgan fingerprint density at radius 1 is 1.00 bits per heavy atom. The molecule has 0 bridgehead atoms. The van der Waals surface area contributed by atoms with E-state index < -0.39 is 0 Å². The van der Waals surface area contributed by atoms with Gasteiger partial charge in [-0.15, -0.1) is 0 Å². The lowest BCUT2D eigenvalue weighted by atomic mass is 9.70. The maximum absolute atomic E-state index is 5.77. The monoisotopic (exact) mass is 211 g/mol. The Labute approximate surface area is 96.3 Å². The molecule has 3 rings (SSSR count). The van der Waals surface area contributed by atoms with Crippen LogP contribution in [-0.4, -0.2) is 6.54 Å². The summed E-state index contributed by atoms with van der Waals surface area (Å²) >= 11 is 0. The van der Waals surface area contributed by atoms with Crippen molar-refractivity contribution in [1.29, 1.82) is 0 Å². The molecule has 1 saturated carbocycles. The van der Waals surface area contributed by atoms with E-state index >= 15 is 0 Å². The van der Waals surface area contributed by atoms with Gasteiger partial charge in [0.2, 0.25) is 0 Å². The number of hydrogen-bond acceptors (Lipinski definition) is 1. The number of rotatable bonds is 2. The molecule has 2 aromatic carbocycles. The predicted octanol–water partition coefficient (Wildman–Crippen LogP) is 3.29. The Kier molecular flexibility index (Phi) is 2.41. The van der Waals surface area contributed by atoms with E-state index in [1.54, 1.807) is 0 Å². The molecule has 0 aliphatic heterocycles. The van der Waals surface area contributed by atoms with Gasteiger partial charge in [0.05, 0.1) is 0 Å². The lowest BCUT2D eigenvalue weighted by Crippen LogP contribution is -2.30. The van der Waals surface area contributed by atoms with Gasteiger partial charge in [0, 0.05) is 0 Å². The molecule has 2 N–H and O–H groups in total. The first-order valence-corrected chi connectivity index (χ1v) is 6.07. The van der Waals surface area contributed by atoms with E-state index in [0.29, 0.717) is 11.8 Å². The Bertz CT molecular complexity index is 502. The number of benzene rings is 2. The molecule has 1 aliphatic carbocycles. The number of nitrogens with two attached hydrogens (primary N) is 1. The maximum atomic E-state index is 5.77. The van der Waals surface area contributed by atoms with Crippen molar-refractivity contribution in [2.75, 3.05) is 6.54 Å². The summed E-state index contributed by atoms with van der Waals surface area (Å²) in [6.45, 7) is 0.831. The third-order valence-corrected chi connectivity index (χ3v) is 3.92. The largest absolute Gasteiger partial charge is 0.330 e. The Balaban J connectivity index is 1.99. The summed E-state index contributed by atoms with van der Waals surface area (Å²) in [6.07, 6.45) is 2.61. The standard InChI is InChI=1S/C15H17N/c16-10-14-7-8-15(14)13-6-5-11-3-1-2-4-12(11)9-13/h1-6,9,14-15H,7-8,10,16H2. The van der Waals surface area contributed by atoms with E-state index in [1.165, 1.54) is 29.2 Å². The third kappa shape index (κ3) is 1.52. The van der Waals surface area contributed by atoms with Gasteiger partial charge in [-0.25, -0.2) is 0 Å². The van der Waals surface area contributed by atoms with Crippen LogP contribution in [0.25, 0.3) is 10.8 Å². The molecule has 1 nitrogen and oxygen atoms in total. The van der Waals surface area contributed by atoms with Crippen molar-refractivity contribution in [3.05, 3.63) is 48.0 Å². The van der Waals surface area contributed by atoms with Crippen molar-refractivity contribution in [3.8, 4) is 0 Å². The van der Waals surface area contributed by atoms with Crippen LogP contribution in [0.5, 0.6) is 0 Å². The molecule has 2 unspecified atom stereocenters. The van der Waals surface area contributed by atoms with E-state index in [4.69, 9.17) is 5.73 Å². The summed E-state index contributed by atoms with van der Waals surface area (Å²) in [5.41, 5.74) is 7.25. The van der Waals surface area contributed by atoms with Crippen LogP contribution in [0.4, 0.5) is 0 Å². The zero-order chi connectivity index (χ0) is 11.0. The minimum Gasteiger partial charge on any atom is -0.330 e. The Morgan fingerprint density at radius 2 is 1.81 bits per heavy atom. The van der Waals surface area contributed by atoms with Crippen LogP contribution < -0.4 is 5.73 Å². The van der Waals surface area contributed by atoms with Gasteiger partial charge < -0.3 is 5.73 Å². The molecule has 0 heterocycles. The summed E-state index contributed by atoms with van der Waals surface area (Å²) < 4.78 is 0. The van der Waals surface area contributed by atoms with E-state index in [1.807, 2.05) is 0 Å². The summed E-state index contributed by atoms with van der Waals surface area (Å²) in [5.74, 6) is 1.41. The fourth-order valence-electron chi connectivity index (χ4n) is 2.73. The molecule has 1 heteroatoms. The maximum Gasteiger partial charge on any atom is -0.00430 e. The van der Waals surface area contributed by atoms with Gasteiger partial charge in [-0.05, 0) is 47.6 Å². The minimum absolute atomic E-state index is 0.703. The topological polar surface area (TPSA) is 26.0 Å². The average molecular weight is 211 g/mol. The molecule has 0 radical (unpaired) electrons. The number of hydrogen-bond donors (Lipinski definition) is 1. The first-order chi connectivity index (χ1) is 7.88. The van der Waals surface area contributed by atoms with E-state index in [9.17, 15) is 0 Å². The van der Waals surface area contributed by atoms with Gasteiger partial charge in [-0.1, -0.05) is 42.5 Å². The van der Waals surface area contributed by atoms with Crippen molar-refractivity contribution < 1.29 is 0 Å². The molecule has 2 aromatic rings. The first kappa shape index (κ1) is 9.86. The van der Waals surface area contributed by atoms with Crippen molar-refractivity contribution in [2.24, 2.45) is 11.7 Å². The SMILES string of the molecule is NCC1CCC1c1ccc2ccccc2c1. The molecule has 0 aromatic heterocycles. The second-order valence-corrected chi connectivity index (χ2v) is 4.79. The molecular weight excluding hydrogens is 194 g/mol. The summed E-state index contributed by atoms with van der Waals surface area (Å²) in [5, 5.41) is 2.68. The normalized spacial score (nSPS) is 24.3. The van der Waals surface area contributed by atoms with Crippen molar-refractivity contribution >= 4 is 10.8 Å². The van der Waals surface area contributed by atoms with Crippen molar-refractivity contribution in [2.45, 2.75) is 18.8 Å². The third-order valence-electron chi connectivity index (χ3n) is 3.92. The van der Waals surface area contributed by atoms with Crippen molar-refractivity contribution in [1.82, 2.24) is 0 Å². The highest BCUT2D eigenvalue weighted by Gasteiger charge is 2.30. The van der Waals surface area contributed by atoms with Crippen LogP contribution in [0.15, 0.2) is 42.5 Å². The van der Waals surface area contributed by atoms with Crippen LogP contribution in [0.3, 0.4) is 0 Å². The fourth-order valence-corrected chi connectivity index (χ4v) is 2.73. The fraction of sp³-hybridized carbons (Fsp3) is 0.333. The summed E-state index contributed by atoms with van der Waals surface area (Å²) in [6, 6.07) is 15.4. The van der Waals surface area contributed by atoms with Gasteiger partial charge in [0.15, 0.2) is 0 Å². The highest BCUT2D eigenvalue weighted by Crippen LogP contribution is 2.42. The molecule has 0 saturated heterocycles. The molecule has 1 aliphatic rings. The molecule has 1 fully saturated rings. The van der Waals surface area contributed by atoms with E-state index in [0.717, 1.165) is 6.54 Å². The van der Waals surface area contributed by atoms with Crippen LogP contribution in [0, 0.1) is 5.92 Å². The zero-order valence-corrected chi connectivity index (χ0v) is 9.39. The molecule has 2 atom stereocenters. The van der Waals surface area contributed by atoms with Crippen molar-refractivity contribution in [3.63, 3.8) is 0 Å². The van der Waals surface area contributed by atoms with Gasteiger partial charge >= 0.3 is 0 Å². The molecule has 16 heavy (non-hydrogen) atoms. The molecule has 82 valence electrons. The van der Waals surface area contributed by atoms with Gasteiger partial charge in [-0.2, -0.15) is 0 Å². The van der Waals surface area contributed by atoms with Crippen LogP contribution in [0.1, 0.15) is 24.3 Å². The van der Waals surface area contributed by atoms with Crippen LogP contribution in [-0.2, 0) is 0 Å². The highest BCUT2D eigenvalue weighted by molar-refractivity contribution is 5.83. The second kappa shape index (κ2) is 3.91. The van der Waals surface area contributed by atoms with Gasteiger partial charge in [0.25, 0.3) is 0 Å². The Hall–Kier alpha value is -1.34. The number of fused-ring (bicyclic) bond motifs is 1. The highest BCUT2D eigenvalue weighted by atomic mass is 14.6. The van der Waals surface area contributed by atoms with Gasteiger partial charge in [-0.3, -0.25) is 0 Å². The molecule has 0 amide bonds. The molecule has 0 spiro atoms. The van der Waals surface area contributed by atoms with E-state index in [-0.39, 0.29) is 0 Å². The molecular formula is C15H17N. The van der Waals surface area contributed by atoms with Gasteiger partial charge in [0.1, 0.15) is 0 Å². The average Bonchev–Trinajstić information content (AvgIpc) is 2.28. The zero-order valence-electron chi connectivity index (χ0n) is 9.39. The van der Waals surface area contributed by atoms with Crippen LogP contribution in [0.2, 0.25) is 0 Å². The second-order valence-electron chi connectivity index (χ2n) is 4.79. The first-order valence-electron chi connectivity index (χ1n) is 6.07.